The van der Waals surface area contributed by atoms with Gasteiger partial charge in [0.05, 0.1) is 13.7 Å². The quantitative estimate of drug-likeness (QED) is 0.535. The van der Waals surface area contributed by atoms with Crippen molar-refractivity contribution in [3.8, 4) is 11.5 Å². The third-order valence-electron chi connectivity index (χ3n) is 5.81. The zero-order valence-corrected chi connectivity index (χ0v) is 19.7. The minimum atomic E-state index is -0.0778. The van der Waals surface area contributed by atoms with Crippen molar-refractivity contribution >= 4 is 11.6 Å². The molecule has 3 rings (SSSR count). The van der Waals surface area contributed by atoms with E-state index < -0.39 is 0 Å². The molecule has 6 heteroatoms. The number of amides is 1. The summed E-state index contributed by atoms with van der Waals surface area (Å²) in [6, 6.07) is 15.9. The van der Waals surface area contributed by atoms with Crippen LogP contribution in [0.15, 0.2) is 48.5 Å². The van der Waals surface area contributed by atoms with Gasteiger partial charge in [0, 0.05) is 44.0 Å². The maximum atomic E-state index is 12.6. The van der Waals surface area contributed by atoms with Crippen LogP contribution in [0.4, 0.5) is 5.69 Å². The van der Waals surface area contributed by atoms with E-state index in [0.29, 0.717) is 36.1 Å². The molecule has 0 aliphatic carbocycles. The van der Waals surface area contributed by atoms with E-state index in [9.17, 15) is 4.79 Å². The highest BCUT2D eigenvalue weighted by atomic mass is 16.5. The van der Waals surface area contributed by atoms with Gasteiger partial charge < -0.3 is 19.7 Å². The van der Waals surface area contributed by atoms with Crippen LogP contribution in [0, 0.1) is 5.92 Å². The number of rotatable bonds is 11. The second kappa shape index (κ2) is 12.3. The highest BCUT2D eigenvalue weighted by Gasteiger charge is 2.17. The number of benzene rings is 2. The van der Waals surface area contributed by atoms with E-state index >= 15 is 0 Å². The highest BCUT2D eigenvalue weighted by Crippen LogP contribution is 2.28. The van der Waals surface area contributed by atoms with Gasteiger partial charge >= 0.3 is 0 Å². The average Bonchev–Trinajstić information content (AvgIpc) is 2.82. The standard InChI is InChI=1S/C26H37N3O3/c1-21(2)12-19-32-24-11-10-22(20-25(24)31-3)26(30)27-13-7-14-28-15-17-29(18-16-28)23-8-5-4-6-9-23/h4-6,8-11,20-21H,7,12-19H2,1-3H3,(H,27,30). The lowest BCUT2D eigenvalue weighted by Gasteiger charge is -2.36. The molecule has 0 unspecified atom stereocenters. The van der Waals surface area contributed by atoms with E-state index in [0.717, 1.165) is 45.6 Å². The van der Waals surface area contributed by atoms with Gasteiger partial charge in [0.2, 0.25) is 0 Å². The Kier molecular flexibility index (Phi) is 9.23. The van der Waals surface area contributed by atoms with Gasteiger partial charge in [0.1, 0.15) is 0 Å². The number of piperazine rings is 1. The van der Waals surface area contributed by atoms with Gasteiger partial charge in [-0.3, -0.25) is 9.69 Å². The Balaban J connectivity index is 1.37. The second-order valence-electron chi connectivity index (χ2n) is 8.67. The molecule has 32 heavy (non-hydrogen) atoms. The fourth-order valence-corrected chi connectivity index (χ4v) is 3.81. The molecular weight excluding hydrogens is 402 g/mol. The van der Waals surface area contributed by atoms with Gasteiger partial charge in [-0.2, -0.15) is 0 Å². The first-order valence-corrected chi connectivity index (χ1v) is 11.7. The van der Waals surface area contributed by atoms with E-state index in [1.165, 1.54) is 5.69 Å². The molecule has 0 spiro atoms. The SMILES string of the molecule is COc1cc(C(=O)NCCCN2CCN(c3ccccc3)CC2)ccc1OCCC(C)C. The van der Waals surface area contributed by atoms with Crippen LogP contribution in [0.1, 0.15) is 37.0 Å². The van der Waals surface area contributed by atoms with Crippen molar-refractivity contribution in [1.29, 1.82) is 0 Å². The summed E-state index contributed by atoms with van der Waals surface area (Å²) in [5.41, 5.74) is 1.89. The summed E-state index contributed by atoms with van der Waals surface area (Å²) in [7, 11) is 1.60. The number of carbonyl (C=O) groups is 1. The molecule has 6 nitrogen and oxygen atoms in total. The van der Waals surface area contributed by atoms with Crippen LogP contribution in [0.25, 0.3) is 0 Å². The fourth-order valence-electron chi connectivity index (χ4n) is 3.81. The van der Waals surface area contributed by atoms with Crippen molar-refractivity contribution < 1.29 is 14.3 Å². The highest BCUT2D eigenvalue weighted by molar-refractivity contribution is 5.94. The largest absolute Gasteiger partial charge is 0.493 e. The number of anilines is 1. The van der Waals surface area contributed by atoms with Crippen molar-refractivity contribution in [2.24, 2.45) is 5.92 Å². The third kappa shape index (κ3) is 7.16. The maximum Gasteiger partial charge on any atom is 0.251 e. The lowest BCUT2D eigenvalue weighted by Crippen LogP contribution is -2.47. The number of hydrogen-bond acceptors (Lipinski definition) is 5. The van der Waals surface area contributed by atoms with E-state index in [-0.39, 0.29) is 5.91 Å². The molecule has 0 radical (unpaired) electrons. The summed E-state index contributed by atoms with van der Waals surface area (Å²) in [5, 5.41) is 3.03. The lowest BCUT2D eigenvalue weighted by atomic mass is 10.1. The Morgan fingerprint density at radius 3 is 2.47 bits per heavy atom. The number of methoxy groups -OCH3 is 1. The van der Waals surface area contributed by atoms with Gasteiger partial charge in [0.25, 0.3) is 5.91 Å². The first kappa shape index (κ1) is 23.9. The Labute approximate surface area is 192 Å². The Morgan fingerprint density at radius 1 is 1.03 bits per heavy atom. The number of nitrogens with zero attached hydrogens (tertiary/aromatic N) is 2. The predicted molar refractivity (Wildman–Crippen MR) is 130 cm³/mol. The first-order valence-electron chi connectivity index (χ1n) is 11.7. The minimum Gasteiger partial charge on any atom is -0.493 e. The number of nitrogens with one attached hydrogen (secondary N) is 1. The monoisotopic (exact) mass is 439 g/mol. The zero-order chi connectivity index (χ0) is 22.8. The van der Waals surface area contributed by atoms with E-state index in [2.05, 4.69) is 59.3 Å². The smallest absolute Gasteiger partial charge is 0.251 e. The van der Waals surface area contributed by atoms with Crippen molar-refractivity contribution in [1.82, 2.24) is 10.2 Å². The van der Waals surface area contributed by atoms with Crippen molar-refractivity contribution in [2.45, 2.75) is 26.7 Å². The van der Waals surface area contributed by atoms with Crippen molar-refractivity contribution in [3.05, 3.63) is 54.1 Å². The zero-order valence-electron chi connectivity index (χ0n) is 19.7. The summed E-state index contributed by atoms with van der Waals surface area (Å²) in [4.78, 5) is 17.5. The van der Waals surface area contributed by atoms with Crippen molar-refractivity contribution in [3.63, 3.8) is 0 Å². The van der Waals surface area contributed by atoms with Crippen LogP contribution in [0.5, 0.6) is 11.5 Å². The third-order valence-corrected chi connectivity index (χ3v) is 5.81. The van der Waals surface area contributed by atoms with Crippen LogP contribution >= 0.6 is 0 Å². The Morgan fingerprint density at radius 2 is 1.78 bits per heavy atom. The van der Waals surface area contributed by atoms with Crippen LogP contribution in [-0.4, -0.2) is 63.8 Å². The summed E-state index contributed by atoms with van der Waals surface area (Å²) < 4.78 is 11.2. The number of carbonyl (C=O) groups excluding carboxylic acids is 1. The fraction of sp³-hybridized carbons (Fsp3) is 0.500. The van der Waals surface area contributed by atoms with E-state index in [1.807, 2.05) is 6.07 Å². The van der Waals surface area contributed by atoms with Crippen LogP contribution in [-0.2, 0) is 0 Å². The van der Waals surface area contributed by atoms with Crippen LogP contribution in [0.3, 0.4) is 0 Å². The molecule has 0 saturated carbocycles. The molecule has 1 heterocycles. The second-order valence-corrected chi connectivity index (χ2v) is 8.67. The number of ether oxygens (including phenoxy) is 2. The lowest BCUT2D eigenvalue weighted by molar-refractivity contribution is 0.0951. The molecule has 0 bridgehead atoms. The molecule has 2 aromatic carbocycles. The summed E-state index contributed by atoms with van der Waals surface area (Å²) in [6.45, 7) is 10.8. The van der Waals surface area contributed by atoms with Gasteiger partial charge in [-0.1, -0.05) is 32.0 Å². The molecule has 1 amide bonds. The topological polar surface area (TPSA) is 54.0 Å². The van der Waals surface area contributed by atoms with Gasteiger partial charge in [0.15, 0.2) is 11.5 Å². The summed E-state index contributed by atoms with van der Waals surface area (Å²) in [6.07, 6.45) is 1.91. The molecule has 0 aromatic heterocycles. The average molecular weight is 440 g/mol. The molecule has 1 fully saturated rings. The maximum absolute atomic E-state index is 12.6. The van der Waals surface area contributed by atoms with Gasteiger partial charge in [-0.15, -0.1) is 0 Å². The van der Waals surface area contributed by atoms with E-state index in [1.54, 1.807) is 19.2 Å². The molecule has 2 aromatic rings. The van der Waals surface area contributed by atoms with Gasteiger partial charge in [-0.25, -0.2) is 0 Å². The number of hydrogen-bond donors (Lipinski definition) is 1. The normalized spacial score (nSPS) is 14.4. The molecule has 0 atom stereocenters. The summed E-state index contributed by atoms with van der Waals surface area (Å²) in [5.74, 6) is 1.78. The van der Waals surface area contributed by atoms with Crippen LogP contribution in [0.2, 0.25) is 0 Å². The molecule has 1 N–H and O–H groups in total. The molecule has 1 saturated heterocycles. The Bertz CT molecular complexity index is 833. The minimum absolute atomic E-state index is 0.0778. The first-order chi connectivity index (χ1) is 15.6. The molecule has 1 aliphatic heterocycles. The predicted octanol–water partition coefficient (Wildman–Crippen LogP) is 4.06. The summed E-state index contributed by atoms with van der Waals surface area (Å²) >= 11 is 0. The molecular formula is C26H37N3O3. The Hall–Kier alpha value is -2.73. The van der Waals surface area contributed by atoms with Gasteiger partial charge in [-0.05, 0) is 55.6 Å². The van der Waals surface area contributed by atoms with E-state index in [4.69, 9.17) is 9.47 Å². The molecule has 1 aliphatic rings. The number of para-hydroxylation sites is 1. The van der Waals surface area contributed by atoms with Crippen LogP contribution < -0.4 is 19.7 Å². The molecule has 174 valence electrons. The van der Waals surface area contributed by atoms with Crippen molar-refractivity contribution in [2.75, 3.05) is 57.9 Å².